The molecule has 0 aliphatic carbocycles. The lowest BCUT2D eigenvalue weighted by Crippen LogP contribution is -1.94. The second-order valence-corrected chi connectivity index (χ2v) is 9.02. The van der Waals surface area contributed by atoms with Crippen LogP contribution in [0.3, 0.4) is 0 Å². The highest BCUT2D eigenvalue weighted by Gasteiger charge is 2.16. The van der Waals surface area contributed by atoms with Gasteiger partial charge in [0.1, 0.15) is 0 Å². The Balaban J connectivity index is 1.48. The highest BCUT2D eigenvalue weighted by atomic mass is 19.2. The number of halogens is 3. The van der Waals surface area contributed by atoms with E-state index >= 15 is 8.78 Å². The first-order valence-corrected chi connectivity index (χ1v) is 12.8. The molecule has 0 amide bonds. The van der Waals surface area contributed by atoms with E-state index in [2.05, 4.69) is 6.92 Å². The zero-order valence-electron chi connectivity index (χ0n) is 21.2. The quantitative estimate of drug-likeness (QED) is 0.156. The SMILES string of the molecule is CCCCCc1ccc(-c2ccc(-c3ccc(C=Cc4ccc(OCC)c(F)c4)cc3)c(F)c2F)cc1. The third-order valence-corrected chi connectivity index (χ3v) is 6.36. The highest BCUT2D eigenvalue weighted by molar-refractivity contribution is 5.74. The number of aryl methyl sites for hydroxylation is 1. The lowest BCUT2D eigenvalue weighted by molar-refractivity contribution is 0.321. The van der Waals surface area contributed by atoms with Gasteiger partial charge in [-0.3, -0.25) is 0 Å². The smallest absolute Gasteiger partial charge is 0.167 e. The van der Waals surface area contributed by atoms with Crippen molar-refractivity contribution < 1.29 is 17.9 Å². The Bertz CT molecular complexity index is 1360. The maximum Gasteiger partial charge on any atom is 0.167 e. The molecule has 0 radical (unpaired) electrons. The molecule has 0 aliphatic rings. The van der Waals surface area contributed by atoms with Crippen LogP contribution in [0.5, 0.6) is 5.75 Å². The molecule has 37 heavy (non-hydrogen) atoms. The molecule has 4 rings (SSSR count). The Kier molecular flexibility index (Phi) is 8.84. The Labute approximate surface area is 217 Å². The van der Waals surface area contributed by atoms with Gasteiger partial charge in [-0.1, -0.05) is 98.6 Å². The number of ether oxygens (including phenoxy) is 1. The molecule has 0 N–H and O–H groups in total. The van der Waals surface area contributed by atoms with Crippen molar-refractivity contribution in [3.8, 4) is 28.0 Å². The number of hydrogen-bond donors (Lipinski definition) is 0. The maximum atomic E-state index is 15.1. The van der Waals surface area contributed by atoms with Gasteiger partial charge in [0.2, 0.25) is 0 Å². The summed E-state index contributed by atoms with van der Waals surface area (Å²) in [5.74, 6) is -1.90. The molecule has 0 fully saturated rings. The number of benzene rings is 4. The first-order valence-electron chi connectivity index (χ1n) is 12.8. The van der Waals surface area contributed by atoms with E-state index in [1.165, 1.54) is 24.5 Å². The van der Waals surface area contributed by atoms with Crippen molar-refractivity contribution in [2.24, 2.45) is 0 Å². The number of rotatable bonds is 10. The van der Waals surface area contributed by atoms with Crippen LogP contribution >= 0.6 is 0 Å². The van der Waals surface area contributed by atoms with Crippen molar-refractivity contribution >= 4 is 12.2 Å². The van der Waals surface area contributed by atoms with Gasteiger partial charge in [-0.2, -0.15) is 0 Å². The zero-order valence-corrected chi connectivity index (χ0v) is 21.2. The zero-order chi connectivity index (χ0) is 26.2. The summed E-state index contributed by atoms with van der Waals surface area (Å²) in [4.78, 5) is 0. The van der Waals surface area contributed by atoms with E-state index in [-0.39, 0.29) is 16.9 Å². The van der Waals surface area contributed by atoms with Gasteiger partial charge in [0.25, 0.3) is 0 Å². The summed E-state index contributed by atoms with van der Waals surface area (Å²) >= 11 is 0. The Morgan fingerprint density at radius 3 is 1.78 bits per heavy atom. The van der Waals surface area contributed by atoms with Crippen molar-refractivity contribution in [1.29, 1.82) is 0 Å². The molecular formula is C33H31F3O. The van der Waals surface area contributed by atoms with Gasteiger partial charge in [-0.25, -0.2) is 13.2 Å². The molecule has 0 aromatic heterocycles. The molecule has 0 bridgehead atoms. The normalized spacial score (nSPS) is 11.3. The minimum absolute atomic E-state index is 0.210. The van der Waals surface area contributed by atoms with E-state index in [1.54, 1.807) is 49.4 Å². The average molecular weight is 501 g/mol. The molecule has 4 aromatic rings. The van der Waals surface area contributed by atoms with Crippen LogP contribution in [-0.2, 0) is 6.42 Å². The van der Waals surface area contributed by atoms with Crippen LogP contribution in [0.1, 0.15) is 49.8 Å². The molecule has 0 saturated carbocycles. The van der Waals surface area contributed by atoms with Crippen LogP contribution in [0.25, 0.3) is 34.4 Å². The van der Waals surface area contributed by atoms with E-state index in [0.717, 1.165) is 18.4 Å². The summed E-state index contributed by atoms with van der Waals surface area (Å²) in [6.45, 7) is 4.38. The number of unbranched alkanes of at least 4 members (excludes halogenated alkanes) is 2. The van der Waals surface area contributed by atoms with Crippen molar-refractivity contribution in [3.63, 3.8) is 0 Å². The summed E-state index contributed by atoms with van der Waals surface area (Å²) in [6.07, 6.45) is 8.10. The van der Waals surface area contributed by atoms with E-state index in [1.807, 2.05) is 42.5 Å². The van der Waals surface area contributed by atoms with Crippen molar-refractivity contribution in [2.75, 3.05) is 6.61 Å². The fourth-order valence-electron chi connectivity index (χ4n) is 4.29. The first-order chi connectivity index (χ1) is 18.0. The van der Waals surface area contributed by atoms with Gasteiger partial charge in [0, 0.05) is 11.1 Å². The van der Waals surface area contributed by atoms with Gasteiger partial charge in [0.15, 0.2) is 23.2 Å². The predicted molar refractivity (Wildman–Crippen MR) is 147 cm³/mol. The summed E-state index contributed by atoms with van der Waals surface area (Å²) < 4.78 is 49.4. The van der Waals surface area contributed by atoms with Crippen LogP contribution in [0.2, 0.25) is 0 Å². The van der Waals surface area contributed by atoms with Crippen LogP contribution in [-0.4, -0.2) is 6.61 Å². The monoisotopic (exact) mass is 500 g/mol. The maximum absolute atomic E-state index is 15.1. The Morgan fingerprint density at radius 2 is 1.22 bits per heavy atom. The highest BCUT2D eigenvalue weighted by Crippen LogP contribution is 2.32. The fourth-order valence-corrected chi connectivity index (χ4v) is 4.29. The minimum Gasteiger partial charge on any atom is -0.491 e. The third-order valence-electron chi connectivity index (χ3n) is 6.36. The van der Waals surface area contributed by atoms with Crippen LogP contribution in [0, 0.1) is 17.5 Å². The molecule has 0 unspecified atom stereocenters. The molecule has 4 heteroatoms. The molecule has 0 spiro atoms. The summed E-state index contributed by atoms with van der Waals surface area (Å²) in [5.41, 5.74) is 4.46. The molecule has 0 heterocycles. The third kappa shape index (κ3) is 6.51. The van der Waals surface area contributed by atoms with Gasteiger partial charge in [0.05, 0.1) is 6.61 Å². The standard InChI is InChI=1S/C33H31F3O/c1-3-5-6-7-23-10-15-26(16-11-23)28-19-20-29(33(36)32(28)35)27-17-12-24(13-18-27)8-9-25-14-21-31(37-4-2)30(34)22-25/h8-22H,3-7H2,1-2H3. The molecule has 190 valence electrons. The second kappa shape index (κ2) is 12.4. The molecule has 1 nitrogen and oxygen atoms in total. The number of hydrogen-bond acceptors (Lipinski definition) is 1. The molecular weight excluding hydrogens is 469 g/mol. The lowest BCUT2D eigenvalue weighted by atomic mass is 9.97. The van der Waals surface area contributed by atoms with Crippen LogP contribution in [0.4, 0.5) is 13.2 Å². The van der Waals surface area contributed by atoms with E-state index in [9.17, 15) is 4.39 Å². The minimum atomic E-state index is -0.863. The molecule has 0 atom stereocenters. The van der Waals surface area contributed by atoms with Crippen molar-refractivity contribution in [3.05, 3.63) is 113 Å². The Morgan fingerprint density at radius 1 is 0.649 bits per heavy atom. The van der Waals surface area contributed by atoms with Gasteiger partial charge >= 0.3 is 0 Å². The molecule has 0 aliphatic heterocycles. The second-order valence-electron chi connectivity index (χ2n) is 9.02. The largest absolute Gasteiger partial charge is 0.491 e. The van der Waals surface area contributed by atoms with Crippen LogP contribution in [0.15, 0.2) is 78.9 Å². The summed E-state index contributed by atoms with van der Waals surface area (Å²) in [5, 5.41) is 0. The van der Waals surface area contributed by atoms with Gasteiger partial charge in [-0.15, -0.1) is 0 Å². The van der Waals surface area contributed by atoms with Crippen molar-refractivity contribution in [1.82, 2.24) is 0 Å². The van der Waals surface area contributed by atoms with Crippen molar-refractivity contribution in [2.45, 2.75) is 39.5 Å². The van der Waals surface area contributed by atoms with Gasteiger partial charge < -0.3 is 4.74 Å². The Hall–Kier alpha value is -3.79. The van der Waals surface area contributed by atoms with Crippen LogP contribution < -0.4 is 4.74 Å². The molecule has 4 aromatic carbocycles. The fraction of sp³-hybridized carbons (Fsp3) is 0.212. The summed E-state index contributed by atoms with van der Waals surface area (Å²) in [6, 6.07) is 22.9. The summed E-state index contributed by atoms with van der Waals surface area (Å²) in [7, 11) is 0. The van der Waals surface area contributed by atoms with Gasteiger partial charge in [-0.05, 0) is 59.7 Å². The lowest BCUT2D eigenvalue weighted by Gasteiger charge is -2.10. The van der Waals surface area contributed by atoms with E-state index in [0.29, 0.717) is 23.3 Å². The first kappa shape index (κ1) is 26.3. The predicted octanol–water partition coefficient (Wildman–Crippen LogP) is 9.74. The average Bonchev–Trinajstić information content (AvgIpc) is 2.91. The van der Waals surface area contributed by atoms with E-state index in [4.69, 9.17) is 4.74 Å². The topological polar surface area (TPSA) is 9.23 Å². The van der Waals surface area contributed by atoms with E-state index < -0.39 is 17.5 Å². The molecule has 0 saturated heterocycles.